The Hall–Kier alpha value is -2.54. The fourth-order valence-corrected chi connectivity index (χ4v) is 2.00. The van der Waals surface area contributed by atoms with Crippen LogP contribution in [0, 0.1) is 0 Å². The molecule has 1 fully saturated rings. The number of alkyl halides is 6. The molecule has 1 aromatic rings. The van der Waals surface area contributed by atoms with Gasteiger partial charge >= 0.3 is 18.3 Å². The van der Waals surface area contributed by atoms with Gasteiger partial charge in [-0.2, -0.15) is 26.3 Å². The van der Waals surface area contributed by atoms with E-state index >= 15 is 0 Å². The molecule has 1 aromatic carbocycles. The van der Waals surface area contributed by atoms with Crippen LogP contribution in [0.15, 0.2) is 18.2 Å². The van der Waals surface area contributed by atoms with Crippen molar-refractivity contribution >= 4 is 29.4 Å². The van der Waals surface area contributed by atoms with E-state index in [2.05, 4.69) is 16.0 Å². The number of carboxylic acids is 1. The first kappa shape index (κ1) is 24.5. The number of nitrogens with one attached hydrogen (secondary N) is 3. The van der Waals surface area contributed by atoms with Gasteiger partial charge in [0.1, 0.15) is 0 Å². The average Bonchev–Trinajstić information content (AvgIpc) is 2.55. The monoisotopic (exact) mass is 449 g/mol. The molecule has 1 saturated heterocycles. The minimum atomic E-state index is -5.08. The van der Waals surface area contributed by atoms with Crippen molar-refractivity contribution in [2.45, 2.75) is 18.4 Å². The summed E-state index contributed by atoms with van der Waals surface area (Å²) in [7, 11) is 0. The summed E-state index contributed by atoms with van der Waals surface area (Å²) in [5.41, 5.74) is -1.30. The fraction of sp³-hybridized carbons (Fsp3) is 0.400. The number of aliphatic carboxylic acids is 1. The maximum Gasteiger partial charge on any atom is 0.490 e. The Balaban J connectivity index is 0.000000516. The molecule has 162 valence electrons. The largest absolute Gasteiger partial charge is 0.490 e. The van der Waals surface area contributed by atoms with E-state index < -0.39 is 35.7 Å². The second kappa shape index (κ2) is 9.78. The topological polar surface area (TPSA) is 108 Å². The molecular formula is C15H14ClF6N3O4. The lowest BCUT2D eigenvalue weighted by Crippen LogP contribution is -2.58. The van der Waals surface area contributed by atoms with Crippen LogP contribution in [0.3, 0.4) is 0 Å². The summed E-state index contributed by atoms with van der Waals surface area (Å²) in [6.45, 7) is 0.972. The first-order valence-corrected chi connectivity index (χ1v) is 8.04. The van der Waals surface area contributed by atoms with Crippen molar-refractivity contribution in [3.63, 3.8) is 0 Å². The lowest BCUT2D eigenvalue weighted by molar-refractivity contribution is -0.192. The van der Waals surface area contributed by atoms with Gasteiger partial charge in [-0.05, 0) is 18.2 Å². The number of hydrogen-bond donors (Lipinski definition) is 4. The van der Waals surface area contributed by atoms with Gasteiger partial charge in [0.25, 0.3) is 5.91 Å². The number of carbonyl (C=O) groups is 3. The molecule has 1 heterocycles. The van der Waals surface area contributed by atoms with Crippen LogP contribution >= 0.6 is 11.6 Å². The zero-order chi connectivity index (χ0) is 22.4. The van der Waals surface area contributed by atoms with Crippen molar-refractivity contribution in [3.05, 3.63) is 34.3 Å². The third-order valence-corrected chi connectivity index (χ3v) is 3.67. The number of amides is 2. The number of hydrogen-bond acceptors (Lipinski definition) is 4. The molecule has 14 heteroatoms. The molecular weight excluding hydrogens is 436 g/mol. The van der Waals surface area contributed by atoms with Gasteiger partial charge in [0, 0.05) is 13.1 Å². The summed E-state index contributed by atoms with van der Waals surface area (Å²) in [5.74, 6) is -4.01. The number of benzene rings is 1. The summed E-state index contributed by atoms with van der Waals surface area (Å²) in [6, 6.07) is 2.46. The van der Waals surface area contributed by atoms with Crippen LogP contribution < -0.4 is 16.0 Å². The maximum absolute atomic E-state index is 12.6. The van der Waals surface area contributed by atoms with Crippen LogP contribution in [0.2, 0.25) is 5.02 Å². The van der Waals surface area contributed by atoms with E-state index in [1.54, 1.807) is 0 Å². The second-order valence-corrected chi connectivity index (χ2v) is 6.01. The van der Waals surface area contributed by atoms with Crippen molar-refractivity contribution in [2.24, 2.45) is 0 Å². The van der Waals surface area contributed by atoms with Crippen molar-refractivity contribution < 1.29 is 45.8 Å². The van der Waals surface area contributed by atoms with Crippen molar-refractivity contribution in [2.75, 3.05) is 19.6 Å². The van der Waals surface area contributed by atoms with E-state index in [0.717, 1.165) is 12.1 Å². The molecule has 0 saturated carbocycles. The first-order valence-electron chi connectivity index (χ1n) is 7.67. The SMILES string of the molecule is O=C(CNC(=O)c1cc(C(F)(F)F)ccc1Cl)NC1CNC1.O=C(O)C(F)(F)F. The summed E-state index contributed by atoms with van der Waals surface area (Å²) >= 11 is 5.74. The third-order valence-electron chi connectivity index (χ3n) is 3.34. The molecule has 29 heavy (non-hydrogen) atoms. The maximum atomic E-state index is 12.6. The van der Waals surface area contributed by atoms with Crippen LogP contribution in [0.1, 0.15) is 15.9 Å². The fourth-order valence-electron chi connectivity index (χ4n) is 1.80. The van der Waals surface area contributed by atoms with E-state index in [1.165, 1.54) is 0 Å². The molecule has 0 unspecified atom stereocenters. The van der Waals surface area contributed by atoms with Gasteiger partial charge in [-0.3, -0.25) is 9.59 Å². The molecule has 7 nitrogen and oxygen atoms in total. The number of carbonyl (C=O) groups excluding carboxylic acids is 2. The predicted octanol–water partition coefficient (Wildman–Crippen LogP) is 1.81. The van der Waals surface area contributed by atoms with Crippen LogP contribution in [0.25, 0.3) is 0 Å². The zero-order valence-corrected chi connectivity index (χ0v) is 15.0. The van der Waals surface area contributed by atoms with Gasteiger partial charge in [-0.1, -0.05) is 11.6 Å². The smallest absolute Gasteiger partial charge is 0.475 e. The Morgan fingerprint density at radius 3 is 2.10 bits per heavy atom. The van der Waals surface area contributed by atoms with Crippen molar-refractivity contribution in [1.82, 2.24) is 16.0 Å². The van der Waals surface area contributed by atoms with Crippen molar-refractivity contribution in [3.8, 4) is 0 Å². The van der Waals surface area contributed by atoms with Gasteiger partial charge in [-0.25, -0.2) is 4.79 Å². The van der Waals surface area contributed by atoms with Crippen molar-refractivity contribution in [1.29, 1.82) is 0 Å². The van der Waals surface area contributed by atoms with Crippen LogP contribution in [-0.2, 0) is 15.8 Å². The first-order chi connectivity index (χ1) is 13.2. The van der Waals surface area contributed by atoms with Crippen LogP contribution in [0.5, 0.6) is 0 Å². The highest BCUT2D eigenvalue weighted by atomic mass is 35.5. The Kier molecular flexibility index (Phi) is 8.26. The number of halogens is 7. The summed E-state index contributed by atoms with van der Waals surface area (Å²) < 4.78 is 69.6. The number of rotatable bonds is 4. The lowest BCUT2D eigenvalue weighted by Gasteiger charge is -2.27. The van der Waals surface area contributed by atoms with Crippen LogP contribution in [0.4, 0.5) is 26.3 Å². The van der Waals surface area contributed by atoms with E-state index in [4.69, 9.17) is 21.5 Å². The molecule has 4 N–H and O–H groups in total. The molecule has 1 aliphatic heterocycles. The summed E-state index contributed by atoms with van der Waals surface area (Å²) in [4.78, 5) is 32.3. The molecule has 2 amide bonds. The van der Waals surface area contributed by atoms with E-state index in [0.29, 0.717) is 19.2 Å². The molecule has 1 aliphatic rings. The average molecular weight is 450 g/mol. The molecule has 0 aromatic heterocycles. The standard InChI is InChI=1S/C13H13ClF3N3O2.C2HF3O2/c14-10-2-1-7(13(15,16)17)3-9(10)12(22)19-6-11(21)20-8-4-18-5-8;3-2(4,5)1(6)7/h1-3,8,18H,4-6H2,(H,19,22)(H,20,21);(H,6,7). The summed E-state index contributed by atoms with van der Waals surface area (Å²) in [6.07, 6.45) is -9.66. The van der Waals surface area contributed by atoms with Gasteiger partial charge < -0.3 is 21.1 Å². The van der Waals surface area contributed by atoms with Crippen LogP contribution in [-0.4, -0.2) is 54.7 Å². The molecule has 0 aliphatic carbocycles. The quantitative estimate of drug-likeness (QED) is 0.525. The van der Waals surface area contributed by atoms with E-state index in [1.807, 2.05) is 0 Å². The molecule has 0 bridgehead atoms. The molecule has 0 radical (unpaired) electrons. The van der Waals surface area contributed by atoms with Gasteiger partial charge in [0.15, 0.2) is 0 Å². The lowest BCUT2D eigenvalue weighted by atomic mass is 10.1. The Labute approximate surface area is 164 Å². The molecule has 0 atom stereocenters. The van der Waals surface area contributed by atoms with E-state index in [9.17, 15) is 35.9 Å². The normalized spacial score (nSPS) is 14.2. The highest BCUT2D eigenvalue weighted by Crippen LogP contribution is 2.31. The molecule has 0 spiro atoms. The minimum absolute atomic E-state index is 0.0153. The minimum Gasteiger partial charge on any atom is -0.475 e. The van der Waals surface area contributed by atoms with E-state index in [-0.39, 0.29) is 23.2 Å². The summed E-state index contributed by atoms with van der Waals surface area (Å²) in [5, 5.41) is 14.9. The Morgan fingerprint density at radius 1 is 1.14 bits per heavy atom. The van der Waals surface area contributed by atoms with Gasteiger partial charge in [-0.15, -0.1) is 0 Å². The zero-order valence-electron chi connectivity index (χ0n) is 14.2. The number of carboxylic acid groups (broad SMARTS) is 1. The van der Waals surface area contributed by atoms with Gasteiger partial charge in [0.05, 0.1) is 28.7 Å². The molecule has 2 rings (SSSR count). The Morgan fingerprint density at radius 2 is 1.69 bits per heavy atom. The second-order valence-electron chi connectivity index (χ2n) is 5.60. The predicted molar refractivity (Wildman–Crippen MR) is 87.3 cm³/mol. The Bertz CT molecular complexity index is 765. The highest BCUT2D eigenvalue weighted by molar-refractivity contribution is 6.33. The van der Waals surface area contributed by atoms with Gasteiger partial charge in [0.2, 0.25) is 5.91 Å². The highest BCUT2D eigenvalue weighted by Gasteiger charge is 2.38. The third kappa shape index (κ3) is 8.15.